The fourth-order valence-corrected chi connectivity index (χ4v) is 5.19. The van der Waals surface area contributed by atoms with Crippen molar-refractivity contribution in [3.05, 3.63) is 70.6 Å². The summed E-state index contributed by atoms with van der Waals surface area (Å²) in [7, 11) is 3.40. The van der Waals surface area contributed by atoms with Crippen LogP contribution in [0, 0.1) is 6.92 Å². The molecular formula is C23H24N6O3S2. The maximum Gasteiger partial charge on any atom is 0.295 e. The summed E-state index contributed by atoms with van der Waals surface area (Å²) in [6.45, 7) is 3.57. The molecule has 0 saturated heterocycles. The van der Waals surface area contributed by atoms with Gasteiger partial charge in [-0.05, 0) is 38.1 Å². The fraction of sp³-hybridized carbons (Fsp3) is 0.217. The fourth-order valence-electron chi connectivity index (χ4n) is 3.27. The number of carbonyl (C=O) groups is 1. The molecule has 4 aromatic rings. The van der Waals surface area contributed by atoms with E-state index < -0.39 is 5.25 Å². The second kappa shape index (κ2) is 10.1. The SMILES string of the molecule is COc1cccc(Nc2nnc(SC(C)C(=O)Nc3c(C)n(C)n(-c4ccccc4)c3=O)s2)c1. The summed E-state index contributed by atoms with van der Waals surface area (Å²) in [5.41, 5.74) is 2.21. The van der Waals surface area contributed by atoms with E-state index in [1.54, 1.807) is 32.7 Å². The number of rotatable bonds is 8. The second-order valence-electron chi connectivity index (χ2n) is 7.42. The zero-order chi connectivity index (χ0) is 24.2. The minimum absolute atomic E-state index is 0.265. The highest BCUT2D eigenvalue weighted by Crippen LogP contribution is 2.31. The van der Waals surface area contributed by atoms with Crippen molar-refractivity contribution in [2.45, 2.75) is 23.4 Å². The first-order valence-corrected chi connectivity index (χ1v) is 12.1. The number of aromatic nitrogens is 4. The van der Waals surface area contributed by atoms with Crippen molar-refractivity contribution in [3.63, 3.8) is 0 Å². The molecular weight excluding hydrogens is 472 g/mol. The Bertz CT molecular complexity index is 1360. The van der Waals surface area contributed by atoms with Gasteiger partial charge in [0.1, 0.15) is 11.4 Å². The highest BCUT2D eigenvalue weighted by Gasteiger charge is 2.22. The Hall–Kier alpha value is -3.57. The predicted molar refractivity (Wildman–Crippen MR) is 136 cm³/mol. The number of thioether (sulfide) groups is 1. The predicted octanol–water partition coefficient (Wildman–Crippen LogP) is 4.21. The van der Waals surface area contributed by atoms with Crippen LogP contribution >= 0.6 is 23.1 Å². The van der Waals surface area contributed by atoms with E-state index in [0.29, 0.717) is 15.2 Å². The summed E-state index contributed by atoms with van der Waals surface area (Å²) in [4.78, 5) is 25.9. The number of hydrogen-bond donors (Lipinski definition) is 2. The summed E-state index contributed by atoms with van der Waals surface area (Å²) in [6, 6.07) is 16.8. The Morgan fingerprint density at radius 3 is 2.65 bits per heavy atom. The average molecular weight is 497 g/mol. The standard InChI is InChI=1S/C23H24N6O3S2/c1-14-19(21(31)29(28(14)3)17-10-6-5-7-11-17)25-20(30)15(2)33-23-27-26-22(34-23)24-16-9-8-12-18(13-16)32-4/h5-13,15H,1-4H3,(H,24,26)(H,25,30). The number of amides is 1. The Morgan fingerprint density at radius 1 is 1.15 bits per heavy atom. The molecule has 0 bridgehead atoms. The number of carbonyl (C=O) groups excluding carboxylic acids is 1. The summed E-state index contributed by atoms with van der Waals surface area (Å²) in [5, 5.41) is 14.4. The molecule has 34 heavy (non-hydrogen) atoms. The van der Waals surface area contributed by atoms with E-state index in [2.05, 4.69) is 20.8 Å². The molecule has 2 heterocycles. The third kappa shape index (κ3) is 5.00. The highest BCUT2D eigenvalue weighted by molar-refractivity contribution is 8.02. The molecule has 176 valence electrons. The van der Waals surface area contributed by atoms with Crippen LogP contribution in [0.25, 0.3) is 5.69 Å². The molecule has 0 aliphatic heterocycles. The van der Waals surface area contributed by atoms with Crippen molar-refractivity contribution in [1.82, 2.24) is 19.6 Å². The lowest BCUT2D eigenvalue weighted by Crippen LogP contribution is -2.27. The number of para-hydroxylation sites is 1. The maximum atomic E-state index is 13.0. The lowest BCUT2D eigenvalue weighted by molar-refractivity contribution is -0.115. The van der Waals surface area contributed by atoms with Crippen LogP contribution in [0.5, 0.6) is 5.75 Å². The number of ether oxygens (including phenoxy) is 1. The zero-order valence-corrected chi connectivity index (χ0v) is 20.7. The molecule has 4 rings (SSSR count). The van der Waals surface area contributed by atoms with Gasteiger partial charge >= 0.3 is 0 Å². The first-order chi connectivity index (χ1) is 16.4. The van der Waals surface area contributed by atoms with Gasteiger partial charge < -0.3 is 15.4 Å². The van der Waals surface area contributed by atoms with E-state index in [1.807, 2.05) is 54.6 Å². The van der Waals surface area contributed by atoms with Crippen LogP contribution in [0.3, 0.4) is 0 Å². The molecule has 2 aromatic carbocycles. The van der Waals surface area contributed by atoms with Crippen molar-refractivity contribution in [1.29, 1.82) is 0 Å². The van der Waals surface area contributed by atoms with Crippen LogP contribution in [-0.4, -0.2) is 37.8 Å². The molecule has 0 radical (unpaired) electrons. The molecule has 11 heteroatoms. The van der Waals surface area contributed by atoms with Gasteiger partial charge in [-0.1, -0.05) is 47.4 Å². The van der Waals surface area contributed by atoms with Gasteiger partial charge in [0.25, 0.3) is 5.56 Å². The maximum absolute atomic E-state index is 13.0. The van der Waals surface area contributed by atoms with Crippen molar-refractivity contribution < 1.29 is 9.53 Å². The smallest absolute Gasteiger partial charge is 0.295 e. The first kappa shape index (κ1) is 23.6. The van der Waals surface area contributed by atoms with E-state index in [4.69, 9.17) is 4.74 Å². The number of anilines is 3. The summed E-state index contributed by atoms with van der Waals surface area (Å²) in [5.74, 6) is 0.449. The van der Waals surface area contributed by atoms with Gasteiger partial charge in [0.15, 0.2) is 4.34 Å². The number of benzene rings is 2. The largest absolute Gasteiger partial charge is 0.497 e. The van der Waals surface area contributed by atoms with Crippen LogP contribution in [0.2, 0.25) is 0 Å². The number of hydrogen-bond acceptors (Lipinski definition) is 8. The second-order valence-corrected chi connectivity index (χ2v) is 9.98. The average Bonchev–Trinajstić information content (AvgIpc) is 3.36. The molecule has 1 atom stereocenters. The monoisotopic (exact) mass is 496 g/mol. The van der Waals surface area contributed by atoms with Crippen LogP contribution in [-0.2, 0) is 11.8 Å². The molecule has 9 nitrogen and oxygen atoms in total. The van der Waals surface area contributed by atoms with Gasteiger partial charge in [0.05, 0.1) is 23.7 Å². The lowest BCUT2D eigenvalue weighted by atomic mass is 10.3. The molecule has 0 saturated carbocycles. The zero-order valence-electron chi connectivity index (χ0n) is 19.1. The van der Waals surface area contributed by atoms with Gasteiger partial charge in [0, 0.05) is 18.8 Å². The van der Waals surface area contributed by atoms with Gasteiger partial charge in [0.2, 0.25) is 11.0 Å². The number of methoxy groups -OCH3 is 1. The van der Waals surface area contributed by atoms with E-state index in [0.717, 1.165) is 17.1 Å². The molecule has 0 aliphatic rings. The number of nitrogens with one attached hydrogen (secondary N) is 2. The van der Waals surface area contributed by atoms with Crippen molar-refractivity contribution in [3.8, 4) is 11.4 Å². The first-order valence-electron chi connectivity index (χ1n) is 10.4. The van der Waals surface area contributed by atoms with Crippen molar-refractivity contribution >= 4 is 45.5 Å². The van der Waals surface area contributed by atoms with Gasteiger partial charge in [-0.2, -0.15) is 0 Å². The Labute approximate surface area is 204 Å². The molecule has 0 spiro atoms. The molecule has 2 aromatic heterocycles. The van der Waals surface area contributed by atoms with E-state index in [9.17, 15) is 9.59 Å². The van der Waals surface area contributed by atoms with Crippen LogP contribution in [0.4, 0.5) is 16.5 Å². The third-order valence-electron chi connectivity index (χ3n) is 5.18. The topological polar surface area (TPSA) is 103 Å². The minimum Gasteiger partial charge on any atom is -0.497 e. The van der Waals surface area contributed by atoms with Crippen LogP contribution in [0.1, 0.15) is 12.6 Å². The van der Waals surface area contributed by atoms with Crippen molar-refractivity contribution in [2.75, 3.05) is 17.7 Å². The molecule has 0 fully saturated rings. The molecule has 0 aliphatic carbocycles. The summed E-state index contributed by atoms with van der Waals surface area (Å²) >= 11 is 2.62. The van der Waals surface area contributed by atoms with E-state index in [1.165, 1.54) is 27.8 Å². The molecule has 1 amide bonds. The van der Waals surface area contributed by atoms with Gasteiger partial charge in [-0.25, -0.2) is 4.68 Å². The van der Waals surface area contributed by atoms with Crippen LogP contribution in [0.15, 0.2) is 63.7 Å². The van der Waals surface area contributed by atoms with Gasteiger partial charge in [-0.3, -0.25) is 14.3 Å². The lowest BCUT2D eigenvalue weighted by Gasteiger charge is -2.09. The quantitative estimate of drug-likeness (QED) is 0.352. The minimum atomic E-state index is -0.484. The summed E-state index contributed by atoms with van der Waals surface area (Å²) in [6.07, 6.45) is 0. The molecule has 2 N–H and O–H groups in total. The Morgan fingerprint density at radius 2 is 1.91 bits per heavy atom. The van der Waals surface area contributed by atoms with E-state index in [-0.39, 0.29) is 17.2 Å². The third-order valence-corrected chi connectivity index (χ3v) is 7.20. The Kier molecular flexibility index (Phi) is 7.03. The van der Waals surface area contributed by atoms with Crippen molar-refractivity contribution in [2.24, 2.45) is 7.05 Å². The van der Waals surface area contributed by atoms with Gasteiger partial charge in [-0.15, -0.1) is 10.2 Å². The van der Waals surface area contributed by atoms with E-state index >= 15 is 0 Å². The summed E-state index contributed by atoms with van der Waals surface area (Å²) < 4.78 is 9.13. The Balaban J connectivity index is 1.44. The van der Waals surface area contributed by atoms with Crippen LogP contribution < -0.4 is 20.9 Å². The molecule has 1 unspecified atom stereocenters. The highest BCUT2D eigenvalue weighted by atomic mass is 32.2. The normalized spacial score (nSPS) is 11.8. The number of nitrogens with zero attached hydrogens (tertiary/aromatic N) is 4.